The zero-order valence-electron chi connectivity index (χ0n) is 10.3. The molecule has 2 aliphatic heterocycles. The molecule has 0 bridgehead atoms. The highest BCUT2D eigenvalue weighted by Crippen LogP contribution is 2.39. The summed E-state index contributed by atoms with van der Waals surface area (Å²) in [5.41, 5.74) is 2.18. The molecule has 3 rings (SSSR count). The van der Waals surface area contributed by atoms with Crippen LogP contribution in [0.25, 0.3) is 0 Å². The van der Waals surface area contributed by atoms with Crippen LogP contribution in [0.1, 0.15) is 24.5 Å². The molecule has 2 aliphatic rings. The summed E-state index contributed by atoms with van der Waals surface area (Å²) in [6, 6.07) is 3.62. The molecule has 1 fully saturated rings. The number of nitrogens with one attached hydrogen (secondary N) is 1. The Morgan fingerprint density at radius 2 is 2.16 bits per heavy atom. The first kappa shape index (κ1) is 12.9. The lowest BCUT2D eigenvalue weighted by Gasteiger charge is -2.33. The van der Waals surface area contributed by atoms with Crippen LogP contribution in [-0.4, -0.2) is 35.3 Å². The fourth-order valence-electron chi connectivity index (χ4n) is 2.67. The Kier molecular flexibility index (Phi) is 3.24. The molecule has 1 amide bonds. The fraction of sp³-hybridized carbons (Fsp3) is 0.462. The average Bonchev–Trinajstić information content (AvgIpc) is 2.65. The van der Waals surface area contributed by atoms with Gasteiger partial charge in [-0.2, -0.15) is 0 Å². The molecule has 2 unspecified atom stereocenters. The smallest absolute Gasteiger partial charge is 0.257 e. The molecule has 3 N–H and O–H groups in total. The first-order valence-electron chi connectivity index (χ1n) is 6.31. The summed E-state index contributed by atoms with van der Waals surface area (Å²) in [4.78, 5) is 13.5. The van der Waals surface area contributed by atoms with Gasteiger partial charge in [-0.25, -0.2) is 0 Å². The molecular weight excluding hydrogens is 312 g/mol. The lowest BCUT2D eigenvalue weighted by Crippen LogP contribution is -2.38. The maximum absolute atomic E-state index is 11.5. The van der Waals surface area contributed by atoms with E-state index in [1.807, 2.05) is 6.07 Å². The predicted octanol–water partition coefficient (Wildman–Crippen LogP) is 1.40. The van der Waals surface area contributed by atoms with Crippen LogP contribution >= 0.6 is 15.9 Å². The number of anilines is 2. The van der Waals surface area contributed by atoms with E-state index in [0.717, 1.165) is 29.5 Å². The maximum Gasteiger partial charge on any atom is 0.257 e. The van der Waals surface area contributed by atoms with Crippen molar-refractivity contribution in [3.05, 3.63) is 22.2 Å². The molecule has 1 saturated heterocycles. The number of hydrogen-bond acceptors (Lipinski definition) is 4. The van der Waals surface area contributed by atoms with E-state index in [1.165, 1.54) is 0 Å². The quantitative estimate of drug-likeness (QED) is 0.729. The van der Waals surface area contributed by atoms with Gasteiger partial charge in [0.05, 0.1) is 11.8 Å². The number of rotatable bonds is 1. The van der Waals surface area contributed by atoms with Crippen molar-refractivity contribution in [2.24, 2.45) is 0 Å². The second-order valence-electron chi connectivity index (χ2n) is 5.02. The number of hydrogen-bond donors (Lipinski definition) is 3. The first-order chi connectivity index (χ1) is 9.06. The number of nitrogens with zero attached hydrogens (tertiary/aromatic N) is 1. The zero-order valence-corrected chi connectivity index (χ0v) is 11.9. The van der Waals surface area contributed by atoms with Gasteiger partial charge < -0.3 is 20.4 Å². The molecule has 102 valence electrons. The summed E-state index contributed by atoms with van der Waals surface area (Å²) in [5, 5.41) is 22.1. The number of fused-ring (bicyclic) bond motifs is 1. The maximum atomic E-state index is 11.5. The van der Waals surface area contributed by atoms with Crippen molar-refractivity contribution in [2.45, 2.75) is 25.0 Å². The second kappa shape index (κ2) is 4.77. The Bertz CT molecular complexity index is 535. The van der Waals surface area contributed by atoms with Crippen LogP contribution in [0.2, 0.25) is 0 Å². The van der Waals surface area contributed by atoms with Gasteiger partial charge in [0.25, 0.3) is 5.91 Å². The number of aliphatic hydroxyl groups excluding tert-OH is 2. The van der Waals surface area contributed by atoms with Crippen LogP contribution in [0, 0.1) is 0 Å². The standard InChI is InChI=1S/C13H15BrN2O3/c14-9-4-8-10(15-13(19)12(8)18)5-11(9)16-3-1-2-7(17)6-16/h4-5,7,12,17-18H,1-3,6H2,(H,15,19). The molecule has 1 aromatic carbocycles. The van der Waals surface area contributed by atoms with Crippen LogP contribution in [0.4, 0.5) is 11.4 Å². The van der Waals surface area contributed by atoms with E-state index in [0.29, 0.717) is 17.8 Å². The number of carbonyl (C=O) groups excluding carboxylic acids is 1. The molecule has 6 heteroatoms. The minimum absolute atomic E-state index is 0.311. The average molecular weight is 327 g/mol. The third-order valence-corrected chi connectivity index (χ3v) is 4.29. The van der Waals surface area contributed by atoms with Crippen LogP contribution in [0.3, 0.4) is 0 Å². The van der Waals surface area contributed by atoms with Crippen LogP contribution in [0.15, 0.2) is 16.6 Å². The minimum atomic E-state index is -1.09. The molecule has 2 atom stereocenters. The topological polar surface area (TPSA) is 72.8 Å². The Morgan fingerprint density at radius 3 is 2.89 bits per heavy atom. The largest absolute Gasteiger partial charge is 0.391 e. The SMILES string of the molecule is O=C1Nc2cc(N3CCCC(O)C3)c(Br)cc2C1O. The monoisotopic (exact) mass is 326 g/mol. The Labute approximate surface area is 119 Å². The molecule has 0 spiro atoms. The van der Waals surface area contributed by atoms with Crippen molar-refractivity contribution in [1.82, 2.24) is 0 Å². The molecule has 0 aromatic heterocycles. The van der Waals surface area contributed by atoms with E-state index in [4.69, 9.17) is 0 Å². The summed E-state index contributed by atoms with van der Waals surface area (Å²) in [6.07, 6.45) is 0.371. The van der Waals surface area contributed by atoms with Gasteiger partial charge >= 0.3 is 0 Å². The molecule has 1 aromatic rings. The van der Waals surface area contributed by atoms with Crippen molar-refractivity contribution in [1.29, 1.82) is 0 Å². The van der Waals surface area contributed by atoms with Gasteiger partial charge in [-0.05, 0) is 40.9 Å². The summed E-state index contributed by atoms with van der Waals surface area (Å²) >= 11 is 3.48. The summed E-state index contributed by atoms with van der Waals surface area (Å²) in [6.45, 7) is 1.47. The number of halogens is 1. The van der Waals surface area contributed by atoms with Crippen LogP contribution in [0.5, 0.6) is 0 Å². The molecular formula is C13H15BrN2O3. The highest BCUT2D eigenvalue weighted by atomic mass is 79.9. The number of carbonyl (C=O) groups is 1. The van der Waals surface area contributed by atoms with E-state index >= 15 is 0 Å². The van der Waals surface area contributed by atoms with Crippen LogP contribution in [-0.2, 0) is 4.79 Å². The van der Waals surface area contributed by atoms with Crippen molar-refractivity contribution in [3.8, 4) is 0 Å². The van der Waals surface area contributed by atoms with Crippen molar-refractivity contribution < 1.29 is 15.0 Å². The lowest BCUT2D eigenvalue weighted by molar-refractivity contribution is -0.123. The van der Waals surface area contributed by atoms with Gasteiger partial charge in [-0.3, -0.25) is 4.79 Å². The molecule has 2 heterocycles. The minimum Gasteiger partial charge on any atom is -0.391 e. The van der Waals surface area contributed by atoms with E-state index in [9.17, 15) is 15.0 Å². The molecule has 0 aliphatic carbocycles. The number of piperidine rings is 1. The molecule has 19 heavy (non-hydrogen) atoms. The highest BCUT2D eigenvalue weighted by molar-refractivity contribution is 9.10. The normalized spacial score (nSPS) is 26.3. The second-order valence-corrected chi connectivity index (χ2v) is 5.88. The highest BCUT2D eigenvalue weighted by Gasteiger charge is 2.30. The Balaban J connectivity index is 1.95. The molecule has 5 nitrogen and oxygen atoms in total. The van der Waals surface area contributed by atoms with Crippen molar-refractivity contribution in [3.63, 3.8) is 0 Å². The number of amides is 1. The van der Waals surface area contributed by atoms with Gasteiger partial charge in [0.15, 0.2) is 6.10 Å². The number of aliphatic hydroxyl groups is 2. The van der Waals surface area contributed by atoms with Gasteiger partial charge in [0, 0.05) is 28.8 Å². The van der Waals surface area contributed by atoms with Gasteiger partial charge in [-0.1, -0.05) is 0 Å². The molecule has 0 radical (unpaired) electrons. The third-order valence-electron chi connectivity index (χ3n) is 3.66. The summed E-state index contributed by atoms with van der Waals surface area (Å²) in [7, 11) is 0. The van der Waals surface area contributed by atoms with Gasteiger partial charge in [-0.15, -0.1) is 0 Å². The number of benzene rings is 1. The zero-order chi connectivity index (χ0) is 13.6. The van der Waals surface area contributed by atoms with E-state index in [-0.39, 0.29) is 6.10 Å². The van der Waals surface area contributed by atoms with E-state index in [2.05, 4.69) is 26.1 Å². The third kappa shape index (κ3) is 2.24. The lowest BCUT2D eigenvalue weighted by atomic mass is 10.1. The number of β-amino-alcohol motifs (C(OH)–C–C–N with tert-alkyl or cyclic N) is 1. The first-order valence-corrected chi connectivity index (χ1v) is 7.11. The van der Waals surface area contributed by atoms with Gasteiger partial charge in [0.1, 0.15) is 0 Å². The molecule has 0 saturated carbocycles. The van der Waals surface area contributed by atoms with Crippen molar-refractivity contribution >= 4 is 33.2 Å². The summed E-state index contributed by atoms with van der Waals surface area (Å²) in [5.74, 6) is -0.391. The van der Waals surface area contributed by atoms with Gasteiger partial charge in [0.2, 0.25) is 0 Å². The Morgan fingerprint density at radius 1 is 1.37 bits per heavy atom. The van der Waals surface area contributed by atoms with E-state index < -0.39 is 12.0 Å². The van der Waals surface area contributed by atoms with Crippen molar-refractivity contribution in [2.75, 3.05) is 23.3 Å². The van der Waals surface area contributed by atoms with E-state index in [1.54, 1.807) is 6.07 Å². The van der Waals surface area contributed by atoms with Crippen LogP contribution < -0.4 is 10.2 Å². The predicted molar refractivity (Wildman–Crippen MR) is 75.2 cm³/mol. The fourth-order valence-corrected chi connectivity index (χ4v) is 3.28. The Hall–Kier alpha value is -1.11. The summed E-state index contributed by atoms with van der Waals surface area (Å²) < 4.78 is 0.830.